The molecule has 1 aromatic rings. The van der Waals surface area contributed by atoms with Crippen LogP contribution in [-0.2, 0) is 9.59 Å². The summed E-state index contributed by atoms with van der Waals surface area (Å²) in [7, 11) is 0. The van der Waals surface area contributed by atoms with Gasteiger partial charge in [-0.1, -0.05) is 18.2 Å². The van der Waals surface area contributed by atoms with E-state index in [4.69, 9.17) is 10.00 Å². The number of rotatable bonds is 5. The van der Waals surface area contributed by atoms with Gasteiger partial charge in [0.05, 0.1) is 35.7 Å². The van der Waals surface area contributed by atoms with Crippen LogP contribution in [0.3, 0.4) is 0 Å². The van der Waals surface area contributed by atoms with E-state index < -0.39 is 12.0 Å². The molecule has 1 saturated heterocycles. The van der Waals surface area contributed by atoms with Gasteiger partial charge >= 0.3 is 29.6 Å². The average molecular weight is 335 g/mol. The minimum absolute atomic E-state index is 0. The molecule has 3 unspecified atom stereocenters. The molecule has 24 heavy (non-hydrogen) atoms. The van der Waals surface area contributed by atoms with Crippen LogP contribution in [0.1, 0.15) is 0 Å². The maximum atomic E-state index is 11.9. The number of carbonyl (C=O) groups is 2. The van der Waals surface area contributed by atoms with E-state index >= 15 is 0 Å². The first-order valence-electron chi connectivity index (χ1n) is 7.16. The van der Waals surface area contributed by atoms with Gasteiger partial charge in [-0.15, -0.1) is 0 Å². The molecule has 0 aromatic heterocycles. The number of amides is 1. The molecule has 1 aromatic carbocycles. The van der Waals surface area contributed by atoms with Gasteiger partial charge in [-0.3, -0.25) is 9.69 Å². The van der Waals surface area contributed by atoms with Gasteiger partial charge in [0.2, 0.25) is 0 Å². The van der Waals surface area contributed by atoms with Crippen molar-refractivity contribution in [3.63, 3.8) is 0 Å². The Balaban J connectivity index is 0.00000208. The molecule has 2 aliphatic rings. The molecule has 0 aliphatic carbocycles. The second-order valence-corrected chi connectivity index (χ2v) is 5.42. The Hall–Kier alpha value is -1.85. The summed E-state index contributed by atoms with van der Waals surface area (Å²) < 4.78 is 5.35. The third-order valence-electron chi connectivity index (χ3n) is 3.99. The van der Waals surface area contributed by atoms with Gasteiger partial charge in [-0.05, 0) is 18.2 Å². The molecule has 1 N–H and O–H groups in total. The summed E-state index contributed by atoms with van der Waals surface area (Å²) >= 11 is 0. The SMILES string of the molecule is N#CC1=CC2C(NC(=O)COc3ccccc3)CN2C1C(=O)[O-].[Na+]. The number of hydrogen-bond acceptors (Lipinski definition) is 6. The van der Waals surface area contributed by atoms with E-state index in [1.165, 1.54) is 0 Å². The van der Waals surface area contributed by atoms with Crippen LogP contribution in [0.5, 0.6) is 5.75 Å². The molecule has 3 atom stereocenters. The van der Waals surface area contributed by atoms with E-state index in [-0.39, 0.29) is 59.7 Å². The standard InChI is InChI=1S/C16H15N3O4.Na/c17-7-10-6-13-12(8-19(13)15(10)16(21)22)18-14(20)9-23-11-4-2-1-3-5-11;/h1-6,12-13,15H,8-9H2,(H,18,20)(H,21,22);/q;+1/p-1. The molecular formula is C16H14N3NaO4. The number of ether oxygens (including phenoxy) is 1. The summed E-state index contributed by atoms with van der Waals surface area (Å²) in [6.45, 7) is 0.244. The smallest absolute Gasteiger partial charge is 0.548 e. The summed E-state index contributed by atoms with van der Waals surface area (Å²) in [4.78, 5) is 24.6. The van der Waals surface area contributed by atoms with Gasteiger partial charge in [0.1, 0.15) is 5.75 Å². The van der Waals surface area contributed by atoms with Crippen LogP contribution in [0.2, 0.25) is 0 Å². The van der Waals surface area contributed by atoms with E-state index in [2.05, 4.69) is 5.32 Å². The zero-order valence-corrected chi connectivity index (χ0v) is 15.1. The molecule has 7 nitrogen and oxygen atoms in total. The van der Waals surface area contributed by atoms with Gasteiger partial charge in [0.15, 0.2) is 6.61 Å². The number of nitrogens with one attached hydrogen (secondary N) is 1. The normalized spacial score (nSPS) is 24.5. The number of aliphatic carboxylic acids is 1. The van der Waals surface area contributed by atoms with Crippen molar-refractivity contribution < 1.29 is 49.0 Å². The van der Waals surface area contributed by atoms with Crippen LogP contribution in [0.25, 0.3) is 0 Å². The largest absolute Gasteiger partial charge is 1.00 e. The number of nitrogens with zero attached hydrogens (tertiary/aromatic N) is 2. The van der Waals surface area contributed by atoms with Crippen LogP contribution >= 0.6 is 0 Å². The molecule has 0 saturated carbocycles. The Labute approximate surface area is 161 Å². The topological polar surface area (TPSA) is 105 Å². The van der Waals surface area contributed by atoms with Crippen molar-refractivity contribution in [3.8, 4) is 11.8 Å². The Bertz CT molecular complexity index is 701. The third-order valence-corrected chi connectivity index (χ3v) is 3.99. The molecule has 0 radical (unpaired) electrons. The van der Waals surface area contributed by atoms with Crippen LogP contribution in [0.4, 0.5) is 0 Å². The quantitative estimate of drug-likeness (QED) is 0.547. The molecule has 0 spiro atoms. The molecule has 2 aliphatic heterocycles. The van der Waals surface area contributed by atoms with E-state index in [0.29, 0.717) is 12.3 Å². The number of fused-ring (bicyclic) bond motifs is 1. The molecule has 8 heteroatoms. The monoisotopic (exact) mass is 335 g/mol. The van der Waals surface area contributed by atoms with Crippen molar-refractivity contribution in [2.75, 3.05) is 13.2 Å². The first kappa shape index (κ1) is 18.5. The fourth-order valence-electron chi connectivity index (χ4n) is 2.90. The molecule has 118 valence electrons. The Morgan fingerprint density at radius 1 is 1.38 bits per heavy atom. The Morgan fingerprint density at radius 2 is 2.08 bits per heavy atom. The second kappa shape index (κ2) is 7.81. The van der Waals surface area contributed by atoms with E-state index in [9.17, 15) is 14.7 Å². The van der Waals surface area contributed by atoms with Gasteiger partial charge in [-0.2, -0.15) is 5.26 Å². The predicted molar refractivity (Wildman–Crippen MR) is 76.9 cm³/mol. The zero-order valence-electron chi connectivity index (χ0n) is 13.1. The summed E-state index contributed by atoms with van der Waals surface area (Å²) in [6.07, 6.45) is 1.58. The van der Waals surface area contributed by atoms with Gasteiger partial charge in [-0.25, -0.2) is 0 Å². The Kier molecular flexibility index (Phi) is 6.02. The Morgan fingerprint density at radius 3 is 2.71 bits per heavy atom. The van der Waals surface area contributed by atoms with Crippen LogP contribution < -0.4 is 44.7 Å². The molecule has 1 amide bonds. The number of carboxylic acids is 1. The molecule has 1 fully saturated rings. The van der Waals surface area contributed by atoms with E-state index in [1.54, 1.807) is 23.1 Å². The first-order valence-corrected chi connectivity index (χ1v) is 7.16. The maximum absolute atomic E-state index is 11.9. The van der Waals surface area contributed by atoms with Crippen molar-refractivity contribution in [2.24, 2.45) is 0 Å². The molecule has 0 bridgehead atoms. The van der Waals surface area contributed by atoms with Gasteiger partial charge in [0, 0.05) is 6.54 Å². The van der Waals surface area contributed by atoms with Gasteiger partial charge in [0.25, 0.3) is 5.91 Å². The minimum atomic E-state index is -1.29. The van der Waals surface area contributed by atoms with Crippen molar-refractivity contribution >= 4 is 11.9 Å². The van der Waals surface area contributed by atoms with Crippen molar-refractivity contribution in [1.29, 1.82) is 5.26 Å². The summed E-state index contributed by atoms with van der Waals surface area (Å²) in [5.41, 5.74) is 0.160. The van der Waals surface area contributed by atoms with Crippen molar-refractivity contribution in [3.05, 3.63) is 42.0 Å². The number of carbonyl (C=O) groups excluding carboxylic acids is 2. The average Bonchev–Trinajstić information content (AvgIpc) is 2.84. The van der Waals surface area contributed by atoms with Crippen molar-refractivity contribution in [2.45, 2.75) is 18.1 Å². The number of hydrogen-bond donors (Lipinski definition) is 1. The minimum Gasteiger partial charge on any atom is -0.548 e. The summed E-state index contributed by atoms with van der Waals surface area (Å²) in [5, 5.41) is 22.9. The third kappa shape index (κ3) is 3.62. The van der Waals surface area contributed by atoms with Crippen LogP contribution in [0, 0.1) is 11.3 Å². The van der Waals surface area contributed by atoms with Crippen LogP contribution in [0.15, 0.2) is 42.0 Å². The van der Waals surface area contributed by atoms with Crippen molar-refractivity contribution in [1.82, 2.24) is 10.2 Å². The molecular weight excluding hydrogens is 321 g/mol. The zero-order chi connectivity index (χ0) is 16.4. The van der Waals surface area contributed by atoms with Gasteiger partial charge < -0.3 is 20.0 Å². The first-order chi connectivity index (χ1) is 11.1. The van der Waals surface area contributed by atoms with E-state index in [0.717, 1.165) is 0 Å². The number of nitriles is 1. The fraction of sp³-hybridized carbons (Fsp3) is 0.312. The predicted octanol–water partition coefficient (Wildman–Crippen LogP) is -4.18. The fourth-order valence-corrected chi connectivity index (χ4v) is 2.90. The maximum Gasteiger partial charge on any atom is 1.00 e. The van der Waals surface area contributed by atoms with E-state index in [1.807, 2.05) is 24.3 Å². The number of benzene rings is 1. The number of para-hydroxylation sites is 1. The van der Waals surface area contributed by atoms with Crippen LogP contribution in [-0.4, -0.2) is 48.1 Å². The second-order valence-electron chi connectivity index (χ2n) is 5.42. The molecule has 3 rings (SSSR count). The summed E-state index contributed by atoms with van der Waals surface area (Å²) in [6, 6.07) is 9.32. The molecule has 2 heterocycles. The summed E-state index contributed by atoms with van der Waals surface area (Å²) in [5.74, 6) is -0.984. The number of carboxylic acid groups (broad SMARTS) is 1.